The van der Waals surface area contributed by atoms with Crippen LogP contribution in [0.3, 0.4) is 0 Å². The summed E-state index contributed by atoms with van der Waals surface area (Å²) < 4.78 is 5.54. The summed E-state index contributed by atoms with van der Waals surface area (Å²) in [7, 11) is 12.5. The number of carbonyl (C=O) groups excluding carboxylic acids is 1. The molecule has 1 atom stereocenters. The van der Waals surface area contributed by atoms with Crippen LogP contribution in [0.1, 0.15) is 17.5 Å². The van der Waals surface area contributed by atoms with E-state index >= 15 is 0 Å². The molecule has 1 fully saturated rings. The molecule has 4 heterocycles. The van der Waals surface area contributed by atoms with Gasteiger partial charge in [0, 0.05) is 68.3 Å². The summed E-state index contributed by atoms with van der Waals surface area (Å²) in [4.78, 5) is 30.9. The van der Waals surface area contributed by atoms with Gasteiger partial charge in [0.25, 0.3) is 0 Å². The number of piperazine rings is 1. The van der Waals surface area contributed by atoms with Crippen LogP contribution in [0, 0.1) is 0 Å². The van der Waals surface area contributed by atoms with E-state index in [1.165, 1.54) is 5.69 Å². The Morgan fingerprint density at radius 1 is 1.08 bits per heavy atom. The van der Waals surface area contributed by atoms with Crippen molar-refractivity contribution in [1.29, 1.82) is 0 Å². The molecule has 1 unspecified atom stereocenters. The minimum absolute atomic E-state index is 0.207. The highest BCUT2D eigenvalue weighted by Crippen LogP contribution is 2.44. The van der Waals surface area contributed by atoms with Gasteiger partial charge in [0.15, 0.2) is 0 Å². The van der Waals surface area contributed by atoms with Crippen LogP contribution in [0.4, 0.5) is 33.6 Å². The molecule has 1 saturated heterocycles. The zero-order valence-corrected chi connectivity index (χ0v) is 22.6. The molecule has 2 amide bonds. The highest BCUT2D eigenvalue weighted by atomic mass is 16.5. The van der Waals surface area contributed by atoms with Crippen LogP contribution in [0.5, 0.6) is 5.75 Å². The Balaban J connectivity index is 1.22. The second kappa shape index (κ2) is 9.96. The highest BCUT2D eigenvalue weighted by Gasteiger charge is 2.44. The number of anilines is 5. The molecule has 2 aromatic carbocycles. The summed E-state index contributed by atoms with van der Waals surface area (Å²) in [6.45, 7) is 5.11. The monoisotopic (exact) mass is 524 g/mol. The first-order chi connectivity index (χ1) is 18.9. The van der Waals surface area contributed by atoms with Gasteiger partial charge in [-0.15, -0.1) is 0 Å². The number of urea groups is 1. The van der Waals surface area contributed by atoms with Gasteiger partial charge in [-0.05, 0) is 49.4 Å². The lowest BCUT2D eigenvalue weighted by molar-refractivity contribution is 0.150. The minimum Gasteiger partial charge on any atom is -0.495 e. The summed E-state index contributed by atoms with van der Waals surface area (Å²) in [5, 5.41) is 6.67. The number of rotatable bonds is 5. The topological polar surface area (TPSA) is 89.1 Å². The predicted octanol–water partition coefficient (Wildman–Crippen LogP) is 3.19. The molecule has 1 aromatic heterocycles. The molecule has 0 spiro atoms. The Morgan fingerprint density at radius 3 is 2.59 bits per heavy atom. The number of methoxy groups -OCH3 is 1. The smallest absolute Gasteiger partial charge is 0.325 e. The van der Waals surface area contributed by atoms with Crippen LogP contribution in [0.15, 0.2) is 48.7 Å². The van der Waals surface area contributed by atoms with E-state index in [1.807, 2.05) is 30.3 Å². The zero-order chi connectivity index (χ0) is 27.1. The summed E-state index contributed by atoms with van der Waals surface area (Å²) in [5.74, 6) is 1.72. The second-order valence-electron chi connectivity index (χ2n) is 10.4. The maximum Gasteiger partial charge on any atom is 0.325 e. The molecule has 2 radical (unpaired) electrons. The number of fused-ring (bicyclic) bond motifs is 2. The minimum atomic E-state index is -0.999. The average Bonchev–Trinajstić information content (AvgIpc) is 2.96. The number of aromatic nitrogens is 2. The van der Waals surface area contributed by atoms with E-state index < -0.39 is 5.44 Å². The Labute approximate surface area is 230 Å². The van der Waals surface area contributed by atoms with Crippen molar-refractivity contribution in [3.63, 3.8) is 0 Å². The lowest BCUT2D eigenvalue weighted by atomic mass is 9.66. The zero-order valence-electron chi connectivity index (χ0n) is 22.6. The molecule has 0 saturated carbocycles. The molecule has 3 aliphatic heterocycles. The van der Waals surface area contributed by atoms with E-state index in [0.717, 1.165) is 48.7 Å². The second-order valence-corrected chi connectivity index (χ2v) is 10.4. The third-order valence-electron chi connectivity index (χ3n) is 8.00. The first-order valence-electron chi connectivity index (χ1n) is 13.3. The quantitative estimate of drug-likeness (QED) is 0.493. The first kappa shape index (κ1) is 25.3. The van der Waals surface area contributed by atoms with Crippen molar-refractivity contribution >= 4 is 42.7 Å². The van der Waals surface area contributed by atoms with E-state index in [2.05, 4.69) is 44.6 Å². The molecule has 6 rings (SSSR count). The van der Waals surface area contributed by atoms with Gasteiger partial charge in [0.05, 0.1) is 19.3 Å². The van der Waals surface area contributed by atoms with E-state index in [-0.39, 0.29) is 6.03 Å². The van der Waals surface area contributed by atoms with Gasteiger partial charge in [-0.25, -0.2) is 9.78 Å². The molecule has 0 bridgehead atoms. The number of nitrogens with zero attached hydrogens (tertiary/aromatic N) is 6. The van der Waals surface area contributed by atoms with Crippen molar-refractivity contribution in [3.05, 3.63) is 59.8 Å². The molecular formula is C28H33BN8O2. The van der Waals surface area contributed by atoms with Crippen LogP contribution < -0.4 is 25.2 Å². The van der Waals surface area contributed by atoms with Crippen molar-refractivity contribution in [1.82, 2.24) is 19.8 Å². The molecule has 3 aliphatic rings. The molecule has 200 valence electrons. The normalized spacial score (nSPS) is 21.2. The van der Waals surface area contributed by atoms with Crippen LogP contribution in [-0.4, -0.2) is 87.6 Å². The highest BCUT2D eigenvalue weighted by molar-refractivity contribution is 6.18. The summed E-state index contributed by atoms with van der Waals surface area (Å²) in [5.41, 5.74) is 3.59. The standard InChI is InChI=1S/C28H33BN8O2/c1-34-13-15-36(16-14-34)21-9-7-20(8-10-21)32-26-31-17-19-18-37(27(38)35(2)25(19)33-26)28(29)11-12-30-24-22(28)5-4-6-23(24)39-3/h4-10,17,30H,11-16,18H2,1-3H3,(H,31,32,33). The first-order valence-corrected chi connectivity index (χ1v) is 13.3. The Morgan fingerprint density at radius 2 is 1.85 bits per heavy atom. The van der Waals surface area contributed by atoms with Gasteiger partial charge >= 0.3 is 6.03 Å². The molecule has 10 nitrogen and oxygen atoms in total. The van der Waals surface area contributed by atoms with Crippen LogP contribution in [0.25, 0.3) is 0 Å². The van der Waals surface area contributed by atoms with Crippen LogP contribution in [0.2, 0.25) is 0 Å². The van der Waals surface area contributed by atoms with Crippen LogP contribution >= 0.6 is 0 Å². The third-order valence-corrected chi connectivity index (χ3v) is 8.00. The van der Waals surface area contributed by atoms with Gasteiger partial charge in [0.2, 0.25) is 5.95 Å². The molecule has 3 aromatic rings. The van der Waals surface area contributed by atoms with Crippen LogP contribution in [-0.2, 0) is 12.0 Å². The van der Waals surface area contributed by atoms with Gasteiger partial charge in [-0.1, -0.05) is 12.1 Å². The largest absolute Gasteiger partial charge is 0.495 e. The Kier molecular flexibility index (Phi) is 6.46. The van der Waals surface area contributed by atoms with Gasteiger partial charge in [-0.2, -0.15) is 4.98 Å². The number of benzene rings is 2. The molecule has 2 N–H and O–H groups in total. The van der Waals surface area contributed by atoms with Crippen molar-refractivity contribution in [2.45, 2.75) is 18.4 Å². The number of para-hydroxylation sites is 1. The number of hydrogen-bond acceptors (Lipinski definition) is 8. The average molecular weight is 524 g/mol. The van der Waals surface area contributed by atoms with Gasteiger partial charge < -0.3 is 30.1 Å². The number of nitrogens with one attached hydrogen (secondary N) is 2. The fourth-order valence-electron chi connectivity index (χ4n) is 5.67. The SMILES string of the molecule is [B]C1(N2Cc3cnc(Nc4ccc(N5CCN(C)CC5)cc4)nc3N(C)C2=O)CCNc2c(OC)cccc21. The molecule has 0 aliphatic carbocycles. The Bertz CT molecular complexity index is 1380. The van der Waals surface area contributed by atoms with E-state index in [4.69, 9.17) is 17.6 Å². The third kappa shape index (κ3) is 4.50. The number of hydrogen-bond donors (Lipinski definition) is 2. The predicted molar refractivity (Wildman–Crippen MR) is 154 cm³/mol. The number of ether oxygens (including phenoxy) is 1. The number of likely N-dealkylation sites (N-methyl/N-ethyl adjacent to an activating group) is 1. The molecular weight excluding hydrogens is 491 g/mol. The van der Waals surface area contributed by atoms with Gasteiger partial charge in [-0.3, -0.25) is 4.90 Å². The lowest BCUT2D eigenvalue weighted by Gasteiger charge is -2.49. The van der Waals surface area contributed by atoms with Crippen molar-refractivity contribution in [2.24, 2.45) is 0 Å². The van der Waals surface area contributed by atoms with Crippen molar-refractivity contribution in [3.8, 4) is 5.75 Å². The fourth-order valence-corrected chi connectivity index (χ4v) is 5.67. The molecule has 39 heavy (non-hydrogen) atoms. The van der Waals surface area contributed by atoms with E-state index in [0.29, 0.717) is 37.0 Å². The summed E-state index contributed by atoms with van der Waals surface area (Å²) >= 11 is 0. The van der Waals surface area contributed by atoms with Crippen molar-refractivity contribution < 1.29 is 9.53 Å². The van der Waals surface area contributed by atoms with Gasteiger partial charge in [0.1, 0.15) is 19.4 Å². The number of amides is 2. The van der Waals surface area contributed by atoms with E-state index in [9.17, 15) is 4.79 Å². The lowest BCUT2D eigenvalue weighted by Crippen LogP contribution is -2.58. The van der Waals surface area contributed by atoms with E-state index in [1.54, 1.807) is 30.2 Å². The fraction of sp³-hybridized carbons (Fsp3) is 0.393. The summed E-state index contributed by atoms with van der Waals surface area (Å²) in [6.07, 6.45) is 2.34. The molecule has 11 heteroatoms. The maximum absolute atomic E-state index is 13.7. The number of carbonyl (C=O) groups is 1. The Hall–Kier alpha value is -3.99. The van der Waals surface area contributed by atoms with Crippen molar-refractivity contribution in [2.75, 3.05) is 74.4 Å². The maximum atomic E-state index is 13.7. The summed E-state index contributed by atoms with van der Waals surface area (Å²) in [6, 6.07) is 13.8.